The van der Waals surface area contributed by atoms with Crippen LogP contribution in [0.4, 0.5) is 0 Å². The van der Waals surface area contributed by atoms with Crippen LogP contribution in [0, 0.1) is 0 Å². The molecule has 1 aliphatic heterocycles. The number of nitrogens with zero attached hydrogens (tertiary/aromatic N) is 2. The van der Waals surface area contributed by atoms with Gasteiger partial charge in [0, 0.05) is 6.61 Å². The van der Waals surface area contributed by atoms with Gasteiger partial charge in [-0.2, -0.15) is 0 Å². The van der Waals surface area contributed by atoms with E-state index >= 15 is 0 Å². The Morgan fingerprint density at radius 1 is 1.57 bits per heavy atom. The highest BCUT2D eigenvalue weighted by atomic mass is 35.5. The third-order valence-electron chi connectivity index (χ3n) is 3.99. The lowest BCUT2D eigenvalue weighted by Crippen LogP contribution is -2.31. The lowest BCUT2D eigenvalue weighted by Gasteiger charge is -2.27. The number of benzene rings is 1. The van der Waals surface area contributed by atoms with Crippen molar-refractivity contribution in [2.45, 2.75) is 44.7 Å². The first-order valence-electron chi connectivity index (χ1n) is 8.03. The van der Waals surface area contributed by atoms with Crippen molar-refractivity contribution < 1.29 is 14.3 Å². The number of carbonyl (C=O) groups excluding carboxylic acids is 1. The van der Waals surface area contributed by atoms with E-state index in [1.54, 1.807) is 6.07 Å². The second kappa shape index (κ2) is 6.89. The molecule has 0 spiro atoms. The molecule has 3 rings (SSSR count). The van der Waals surface area contributed by atoms with Gasteiger partial charge in [0.15, 0.2) is 0 Å². The van der Waals surface area contributed by atoms with Crippen LogP contribution in [0.2, 0.25) is 0 Å². The largest absolute Gasteiger partial charge is 0.462 e. The van der Waals surface area contributed by atoms with Gasteiger partial charge in [-0.25, -0.2) is 9.78 Å². The molecule has 0 amide bonds. The molecule has 2 aromatic rings. The molecule has 0 radical (unpaired) electrons. The van der Waals surface area contributed by atoms with E-state index in [-0.39, 0.29) is 17.5 Å². The first-order chi connectivity index (χ1) is 11.1. The molecule has 2 atom stereocenters. The van der Waals surface area contributed by atoms with E-state index in [1.165, 1.54) is 0 Å². The topological polar surface area (TPSA) is 53.3 Å². The van der Waals surface area contributed by atoms with Crippen LogP contribution in [0.1, 0.15) is 48.2 Å². The second-order valence-electron chi connectivity index (χ2n) is 5.82. The predicted molar refractivity (Wildman–Crippen MR) is 88.9 cm³/mol. The minimum absolute atomic E-state index is 0.192. The van der Waals surface area contributed by atoms with Crippen LogP contribution in [-0.2, 0) is 16.0 Å². The molecule has 2 heterocycles. The van der Waals surface area contributed by atoms with Crippen molar-refractivity contribution in [2.75, 3.05) is 13.2 Å². The van der Waals surface area contributed by atoms with Gasteiger partial charge in [0.1, 0.15) is 5.82 Å². The number of rotatable bonds is 6. The van der Waals surface area contributed by atoms with E-state index in [1.807, 2.05) is 26.0 Å². The molecule has 5 nitrogen and oxygen atoms in total. The van der Waals surface area contributed by atoms with Crippen LogP contribution < -0.4 is 0 Å². The number of alkyl halides is 1. The third-order valence-corrected chi connectivity index (χ3v) is 4.18. The number of aromatic nitrogens is 2. The van der Waals surface area contributed by atoms with Crippen LogP contribution >= 0.6 is 11.6 Å². The number of carbonyl (C=O) groups is 1. The molecular weight excluding hydrogens is 316 g/mol. The zero-order valence-corrected chi connectivity index (χ0v) is 14.2. The van der Waals surface area contributed by atoms with E-state index in [0.717, 1.165) is 36.3 Å². The van der Waals surface area contributed by atoms with Gasteiger partial charge in [0.05, 0.1) is 41.2 Å². The van der Waals surface area contributed by atoms with E-state index in [4.69, 9.17) is 21.1 Å². The van der Waals surface area contributed by atoms with Crippen molar-refractivity contribution in [1.29, 1.82) is 0 Å². The Morgan fingerprint density at radius 3 is 2.96 bits per heavy atom. The molecule has 1 unspecified atom stereocenters. The second-order valence-corrected chi connectivity index (χ2v) is 6.47. The Morgan fingerprint density at radius 2 is 2.35 bits per heavy atom. The van der Waals surface area contributed by atoms with Crippen LogP contribution in [-0.4, -0.2) is 34.8 Å². The molecule has 1 saturated heterocycles. The Labute approximate surface area is 140 Å². The summed E-state index contributed by atoms with van der Waals surface area (Å²) in [7, 11) is 0. The van der Waals surface area contributed by atoms with Gasteiger partial charge in [-0.3, -0.25) is 0 Å². The van der Waals surface area contributed by atoms with Gasteiger partial charge in [-0.1, -0.05) is 6.92 Å². The fourth-order valence-electron chi connectivity index (χ4n) is 2.67. The maximum atomic E-state index is 12.1. The van der Waals surface area contributed by atoms with Gasteiger partial charge >= 0.3 is 5.97 Å². The number of fused-ring (bicyclic) bond motifs is 1. The zero-order valence-electron chi connectivity index (χ0n) is 13.4. The molecule has 1 aliphatic rings. The number of ether oxygens (including phenoxy) is 2. The first kappa shape index (κ1) is 16.3. The molecule has 6 heteroatoms. The maximum Gasteiger partial charge on any atom is 0.338 e. The lowest BCUT2D eigenvalue weighted by atomic mass is 10.1. The normalized spacial score (nSPS) is 18.7. The molecular formula is C17H21ClN2O3. The molecule has 1 fully saturated rings. The Kier molecular flexibility index (Phi) is 4.87. The lowest BCUT2D eigenvalue weighted by molar-refractivity contribution is -0.0590. The fraction of sp³-hybridized carbons (Fsp3) is 0.529. The molecule has 23 heavy (non-hydrogen) atoms. The summed E-state index contributed by atoms with van der Waals surface area (Å²) in [4.78, 5) is 16.7. The van der Waals surface area contributed by atoms with Crippen molar-refractivity contribution in [3.63, 3.8) is 0 Å². The van der Waals surface area contributed by atoms with Crippen LogP contribution in [0.5, 0.6) is 0 Å². The molecule has 0 N–H and O–H groups in total. The van der Waals surface area contributed by atoms with Crippen molar-refractivity contribution in [3.05, 3.63) is 29.6 Å². The fourth-order valence-corrected chi connectivity index (χ4v) is 2.84. The SMILES string of the molecule is CCCOC(=O)c1ccc2nc(C(C)Cl)n(C[C@@H]3CCO3)c2c1. The highest BCUT2D eigenvalue weighted by Gasteiger charge is 2.23. The van der Waals surface area contributed by atoms with Gasteiger partial charge in [-0.15, -0.1) is 11.6 Å². The predicted octanol–water partition coefficient (Wildman–Crippen LogP) is 3.69. The van der Waals surface area contributed by atoms with Gasteiger partial charge < -0.3 is 14.0 Å². The average Bonchev–Trinajstić information content (AvgIpc) is 2.86. The highest BCUT2D eigenvalue weighted by Crippen LogP contribution is 2.27. The summed E-state index contributed by atoms with van der Waals surface area (Å²) >= 11 is 6.28. The summed E-state index contributed by atoms with van der Waals surface area (Å²) in [6, 6.07) is 5.43. The highest BCUT2D eigenvalue weighted by molar-refractivity contribution is 6.20. The average molecular weight is 337 g/mol. The van der Waals surface area contributed by atoms with E-state index < -0.39 is 0 Å². The number of imidazole rings is 1. The van der Waals surface area contributed by atoms with Crippen molar-refractivity contribution in [3.8, 4) is 0 Å². The number of hydrogen-bond acceptors (Lipinski definition) is 4. The van der Waals surface area contributed by atoms with Crippen molar-refractivity contribution in [1.82, 2.24) is 9.55 Å². The third kappa shape index (κ3) is 3.35. The molecule has 124 valence electrons. The zero-order chi connectivity index (χ0) is 16.4. The van der Waals surface area contributed by atoms with Crippen LogP contribution in [0.3, 0.4) is 0 Å². The van der Waals surface area contributed by atoms with Crippen molar-refractivity contribution >= 4 is 28.6 Å². The monoisotopic (exact) mass is 336 g/mol. The summed E-state index contributed by atoms with van der Waals surface area (Å²) < 4.78 is 12.8. The molecule has 0 saturated carbocycles. The number of hydrogen-bond donors (Lipinski definition) is 0. The summed E-state index contributed by atoms with van der Waals surface area (Å²) in [5, 5.41) is -0.210. The van der Waals surface area contributed by atoms with Crippen LogP contribution in [0.15, 0.2) is 18.2 Å². The molecule has 1 aromatic carbocycles. The Hall–Kier alpha value is -1.59. The standard InChI is InChI=1S/C17H21ClN2O3/c1-3-7-23-17(21)12-4-5-14-15(9-12)20(10-13-6-8-22-13)16(19-14)11(2)18/h4-5,9,11,13H,3,6-8,10H2,1-2H3/t11?,13-/m0/s1. The molecule has 1 aromatic heterocycles. The Balaban J connectivity index is 1.97. The summed E-state index contributed by atoms with van der Waals surface area (Å²) in [6.45, 7) is 5.81. The van der Waals surface area contributed by atoms with Gasteiger partial charge in [-0.05, 0) is 38.0 Å². The van der Waals surface area contributed by atoms with Crippen LogP contribution in [0.25, 0.3) is 11.0 Å². The minimum Gasteiger partial charge on any atom is -0.462 e. The van der Waals surface area contributed by atoms with E-state index in [2.05, 4.69) is 9.55 Å². The van der Waals surface area contributed by atoms with E-state index in [0.29, 0.717) is 18.7 Å². The minimum atomic E-state index is -0.304. The summed E-state index contributed by atoms with van der Waals surface area (Å²) in [5.41, 5.74) is 2.27. The summed E-state index contributed by atoms with van der Waals surface area (Å²) in [5.74, 6) is 0.498. The molecule has 0 bridgehead atoms. The first-order valence-corrected chi connectivity index (χ1v) is 8.46. The Bertz CT molecular complexity index is 707. The van der Waals surface area contributed by atoms with Gasteiger partial charge in [0.2, 0.25) is 0 Å². The molecule has 0 aliphatic carbocycles. The smallest absolute Gasteiger partial charge is 0.338 e. The van der Waals surface area contributed by atoms with Crippen molar-refractivity contribution in [2.24, 2.45) is 0 Å². The van der Waals surface area contributed by atoms with E-state index in [9.17, 15) is 4.79 Å². The number of esters is 1. The van der Waals surface area contributed by atoms with Gasteiger partial charge in [0.25, 0.3) is 0 Å². The maximum absolute atomic E-state index is 12.1. The quantitative estimate of drug-likeness (QED) is 0.596. The number of halogens is 1. The summed E-state index contributed by atoms with van der Waals surface area (Å²) in [6.07, 6.45) is 2.03.